The van der Waals surface area contributed by atoms with E-state index in [1.807, 2.05) is 54.6 Å². The van der Waals surface area contributed by atoms with Crippen LogP contribution in [0.2, 0.25) is 0 Å². The van der Waals surface area contributed by atoms with Gasteiger partial charge in [0.2, 0.25) is 0 Å². The Balaban J connectivity index is 1.60. The minimum absolute atomic E-state index is 0.0582. The first-order valence-electron chi connectivity index (χ1n) is 10.6. The molecule has 0 amide bonds. The maximum atomic E-state index is 13.1. The molecule has 2 aliphatic rings. The summed E-state index contributed by atoms with van der Waals surface area (Å²) in [6.45, 7) is 0. The number of Topliss-reactive ketones (excluding diaryl/α,β-unsaturated/α-hetero) is 1. The van der Waals surface area contributed by atoms with Crippen molar-refractivity contribution in [2.45, 2.75) is 12.0 Å². The van der Waals surface area contributed by atoms with Crippen LogP contribution in [-0.2, 0) is 0 Å². The number of nitrogens with zero attached hydrogens (tertiary/aromatic N) is 2. The third-order valence-electron chi connectivity index (χ3n) is 6.05. The van der Waals surface area contributed by atoms with Crippen molar-refractivity contribution in [2.75, 3.05) is 14.2 Å². The second-order valence-electron chi connectivity index (χ2n) is 7.86. The quantitative estimate of drug-likeness (QED) is 0.526. The van der Waals surface area contributed by atoms with Gasteiger partial charge in [0.25, 0.3) is 0 Å². The molecule has 6 heteroatoms. The van der Waals surface area contributed by atoms with Gasteiger partial charge in [-0.3, -0.25) is 4.79 Å². The molecule has 164 valence electrons. The van der Waals surface area contributed by atoms with Gasteiger partial charge in [0, 0.05) is 17.0 Å². The summed E-state index contributed by atoms with van der Waals surface area (Å²) in [6, 6.07) is 22.3. The lowest BCUT2D eigenvalue weighted by atomic mass is 9.85. The van der Waals surface area contributed by atoms with Crippen molar-refractivity contribution >= 4 is 11.5 Å². The topological polar surface area (TPSA) is 80.5 Å². The number of ketones is 1. The molecular formula is C27H22N2O4. The SMILES string of the molecule is COc1ccc([C@@H]2N=NC(C3=C(O)c4ccccc4C3=O)=C[C@H]2c2ccccc2)cc1OC. The number of benzene rings is 3. The van der Waals surface area contributed by atoms with E-state index in [1.54, 1.807) is 38.5 Å². The Kier molecular flexibility index (Phi) is 5.26. The Morgan fingerprint density at radius 3 is 2.21 bits per heavy atom. The van der Waals surface area contributed by atoms with Crippen molar-refractivity contribution in [3.8, 4) is 11.5 Å². The predicted octanol–water partition coefficient (Wildman–Crippen LogP) is 6.04. The highest BCUT2D eigenvalue weighted by molar-refractivity contribution is 6.22. The second-order valence-corrected chi connectivity index (χ2v) is 7.86. The molecule has 0 unspecified atom stereocenters. The first-order chi connectivity index (χ1) is 16.1. The summed E-state index contributed by atoms with van der Waals surface area (Å²) in [4.78, 5) is 13.1. The molecular weight excluding hydrogens is 416 g/mol. The average Bonchev–Trinajstić information content (AvgIpc) is 3.13. The fourth-order valence-electron chi connectivity index (χ4n) is 4.39. The molecule has 0 saturated carbocycles. The number of carbonyl (C=O) groups excluding carboxylic acids is 1. The van der Waals surface area contributed by atoms with E-state index in [2.05, 4.69) is 10.2 Å². The average molecular weight is 438 g/mol. The smallest absolute Gasteiger partial charge is 0.199 e. The first kappa shape index (κ1) is 20.7. The van der Waals surface area contributed by atoms with Crippen molar-refractivity contribution in [3.05, 3.63) is 112 Å². The molecule has 0 fully saturated rings. The number of ether oxygens (including phenoxy) is 2. The van der Waals surface area contributed by atoms with E-state index in [0.717, 1.165) is 11.1 Å². The summed E-state index contributed by atoms with van der Waals surface area (Å²) in [7, 11) is 3.19. The van der Waals surface area contributed by atoms with E-state index in [0.29, 0.717) is 28.3 Å². The van der Waals surface area contributed by atoms with Gasteiger partial charge in [-0.1, -0.05) is 60.7 Å². The summed E-state index contributed by atoms with van der Waals surface area (Å²) in [5.74, 6) is 0.731. The van der Waals surface area contributed by atoms with Gasteiger partial charge in [0.05, 0.1) is 25.5 Å². The standard InChI is InChI=1S/C27H22N2O4/c1-32-22-13-12-17(14-23(22)33-2)25-20(16-8-4-3-5-9-16)15-21(28-29-25)24-26(30)18-10-6-7-11-19(18)27(24)31/h3-15,20,25,30H,1-2H3/t20-,25-/m0/s1. The molecule has 2 atom stereocenters. The fraction of sp³-hybridized carbons (Fsp3) is 0.148. The Hall–Kier alpha value is -4.19. The highest BCUT2D eigenvalue weighted by Crippen LogP contribution is 2.45. The Morgan fingerprint density at radius 1 is 0.818 bits per heavy atom. The number of rotatable bonds is 5. The van der Waals surface area contributed by atoms with Gasteiger partial charge >= 0.3 is 0 Å². The van der Waals surface area contributed by atoms with E-state index in [1.165, 1.54) is 0 Å². The molecule has 1 N–H and O–H groups in total. The number of hydrogen-bond acceptors (Lipinski definition) is 6. The number of carbonyl (C=O) groups is 1. The van der Waals surface area contributed by atoms with Crippen molar-refractivity contribution < 1.29 is 19.4 Å². The van der Waals surface area contributed by atoms with E-state index < -0.39 is 0 Å². The van der Waals surface area contributed by atoms with Gasteiger partial charge in [-0.2, -0.15) is 10.2 Å². The highest BCUT2D eigenvalue weighted by Gasteiger charge is 2.35. The molecule has 0 saturated heterocycles. The lowest BCUT2D eigenvalue weighted by Crippen LogP contribution is -2.13. The maximum Gasteiger partial charge on any atom is 0.199 e. The van der Waals surface area contributed by atoms with Crippen LogP contribution in [0.1, 0.15) is 39.0 Å². The van der Waals surface area contributed by atoms with E-state index in [-0.39, 0.29) is 29.1 Å². The third-order valence-corrected chi connectivity index (χ3v) is 6.05. The minimum Gasteiger partial charge on any atom is -0.506 e. The minimum atomic E-state index is -0.336. The van der Waals surface area contributed by atoms with Gasteiger partial charge < -0.3 is 14.6 Å². The number of hydrogen-bond donors (Lipinski definition) is 1. The summed E-state index contributed by atoms with van der Waals surface area (Å²) >= 11 is 0. The normalized spacial score (nSPS) is 19.3. The molecule has 0 aromatic heterocycles. The molecule has 0 radical (unpaired) electrons. The van der Waals surface area contributed by atoms with Crippen LogP contribution in [-0.4, -0.2) is 25.1 Å². The van der Waals surface area contributed by atoms with Gasteiger partial charge in [0.1, 0.15) is 11.8 Å². The molecule has 1 heterocycles. The van der Waals surface area contributed by atoms with Gasteiger partial charge in [-0.15, -0.1) is 0 Å². The summed E-state index contributed by atoms with van der Waals surface area (Å²) in [5, 5.41) is 19.8. The number of allylic oxidation sites excluding steroid dienone is 1. The van der Waals surface area contributed by atoms with Crippen LogP contribution in [0.4, 0.5) is 0 Å². The van der Waals surface area contributed by atoms with Crippen LogP contribution in [0.5, 0.6) is 11.5 Å². The zero-order chi connectivity index (χ0) is 22.9. The summed E-state index contributed by atoms with van der Waals surface area (Å²) < 4.78 is 10.8. The Morgan fingerprint density at radius 2 is 1.52 bits per heavy atom. The van der Waals surface area contributed by atoms with Crippen LogP contribution >= 0.6 is 0 Å². The van der Waals surface area contributed by atoms with Crippen LogP contribution in [0, 0.1) is 0 Å². The predicted molar refractivity (Wildman–Crippen MR) is 125 cm³/mol. The fourth-order valence-corrected chi connectivity index (χ4v) is 4.39. The van der Waals surface area contributed by atoms with Crippen LogP contribution in [0.25, 0.3) is 5.76 Å². The zero-order valence-corrected chi connectivity index (χ0v) is 18.2. The van der Waals surface area contributed by atoms with E-state index >= 15 is 0 Å². The summed E-state index contributed by atoms with van der Waals surface area (Å²) in [5.41, 5.74) is 3.48. The van der Waals surface area contributed by atoms with Crippen molar-refractivity contribution in [1.82, 2.24) is 0 Å². The Bertz CT molecular complexity index is 1320. The summed E-state index contributed by atoms with van der Waals surface area (Å²) in [6.07, 6.45) is 1.92. The molecule has 33 heavy (non-hydrogen) atoms. The maximum absolute atomic E-state index is 13.1. The number of fused-ring (bicyclic) bond motifs is 1. The molecule has 1 aliphatic carbocycles. The zero-order valence-electron chi connectivity index (χ0n) is 18.2. The number of azo groups is 1. The van der Waals surface area contributed by atoms with Crippen LogP contribution < -0.4 is 9.47 Å². The number of aliphatic hydroxyl groups excluding tert-OH is 1. The largest absolute Gasteiger partial charge is 0.506 e. The van der Waals surface area contributed by atoms with Crippen molar-refractivity contribution in [2.24, 2.45) is 10.2 Å². The molecule has 3 aromatic rings. The molecule has 3 aromatic carbocycles. The first-order valence-corrected chi connectivity index (χ1v) is 10.6. The number of aliphatic hydroxyl groups is 1. The van der Waals surface area contributed by atoms with Gasteiger partial charge in [-0.25, -0.2) is 0 Å². The van der Waals surface area contributed by atoms with Gasteiger partial charge in [0.15, 0.2) is 17.3 Å². The molecule has 1 aliphatic heterocycles. The lowest BCUT2D eigenvalue weighted by molar-refractivity contribution is 0.103. The van der Waals surface area contributed by atoms with Gasteiger partial charge in [-0.05, 0) is 29.3 Å². The second kappa shape index (κ2) is 8.39. The molecule has 0 spiro atoms. The lowest BCUT2D eigenvalue weighted by Gasteiger charge is -2.26. The molecule has 6 nitrogen and oxygen atoms in total. The molecule has 0 bridgehead atoms. The van der Waals surface area contributed by atoms with Crippen molar-refractivity contribution in [1.29, 1.82) is 0 Å². The van der Waals surface area contributed by atoms with E-state index in [9.17, 15) is 9.90 Å². The monoisotopic (exact) mass is 438 g/mol. The van der Waals surface area contributed by atoms with E-state index in [4.69, 9.17) is 9.47 Å². The van der Waals surface area contributed by atoms with Crippen LogP contribution in [0.3, 0.4) is 0 Å². The highest BCUT2D eigenvalue weighted by atomic mass is 16.5. The number of methoxy groups -OCH3 is 2. The van der Waals surface area contributed by atoms with Crippen molar-refractivity contribution in [3.63, 3.8) is 0 Å². The third kappa shape index (κ3) is 3.49. The Labute approximate surface area is 191 Å². The van der Waals surface area contributed by atoms with Crippen LogP contribution in [0.15, 0.2) is 100 Å². The molecule has 5 rings (SSSR count).